The maximum absolute atomic E-state index is 2.45. The smallest absolute Gasteiger partial charge is 0.171 e. The van der Waals surface area contributed by atoms with Gasteiger partial charge in [0.15, 0.2) is 6.56 Å². The van der Waals surface area contributed by atoms with Crippen molar-refractivity contribution >= 4 is 16.4 Å². The summed E-state index contributed by atoms with van der Waals surface area (Å²) >= 11 is 0. The average Bonchev–Trinajstić information content (AvgIpc) is 1.82. The molecule has 2 heteroatoms. The van der Waals surface area contributed by atoms with Gasteiger partial charge in [0, 0.05) is 0 Å². The molecule has 1 fully saturated rings. The van der Waals surface area contributed by atoms with E-state index < -0.39 is 0 Å². The largest absolute Gasteiger partial charge is 0.279 e. The molecule has 0 N–H and O–H groups in total. The van der Waals surface area contributed by atoms with Crippen LogP contribution in [0, 0.1) is 5.92 Å². The Morgan fingerprint density at radius 2 is 2.12 bits per heavy atom. The Balaban J connectivity index is 2.44. The molecule has 1 saturated heterocycles. The van der Waals surface area contributed by atoms with E-state index in [0.29, 0.717) is 0 Å². The Labute approximate surface area is 54.5 Å². The molecule has 0 saturated carbocycles. The highest BCUT2D eigenvalue weighted by Gasteiger charge is 2.24. The summed E-state index contributed by atoms with van der Waals surface area (Å²) in [4.78, 5) is 0. The molecule has 0 aromatic carbocycles. The maximum atomic E-state index is 2.45. The monoisotopic (exact) mass is 130 g/mol. The van der Waals surface area contributed by atoms with Gasteiger partial charge in [0.1, 0.15) is 0 Å². The second-order valence-corrected chi connectivity index (χ2v) is 7.81. The molecule has 0 aromatic rings. The van der Waals surface area contributed by atoms with Gasteiger partial charge in [-0.3, -0.25) is 9.88 Å². The van der Waals surface area contributed by atoms with Crippen molar-refractivity contribution in [3.63, 3.8) is 0 Å². The minimum absolute atomic E-state index is 0.0955. The van der Waals surface area contributed by atoms with Gasteiger partial charge in [-0.1, -0.05) is 13.2 Å². The van der Waals surface area contributed by atoms with Crippen LogP contribution in [0.4, 0.5) is 0 Å². The van der Waals surface area contributed by atoms with E-state index in [2.05, 4.69) is 19.4 Å². The lowest BCUT2D eigenvalue weighted by atomic mass is 9.94. The molecule has 0 aromatic heterocycles. The first-order valence-corrected chi connectivity index (χ1v) is 6.08. The molecule has 0 aliphatic carbocycles. The van der Waals surface area contributed by atoms with Crippen molar-refractivity contribution in [3.8, 4) is 0 Å². The van der Waals surface area contributed by atoms with Crippen LogP contribution in [0.5, 0.6) is 0 Å². The van der Waals surface area contributed by atoms with E-state index in [4.69, 9.17) is 0 Å². The fourth-order valence-corrected chi connectivity index (χ4v) is 4.37. The van der Waals surface area contributed by atoms with E-state index in [1.54, 1.807) is 0 Å². The molecule has 48 valence electrons. The van der Waals surface area contributed by atoms with E-state index in [1.807, 2.05) is 0 Å². The van der Waals surface area contributed by atoms with Gasteiger partial charge < -0.3 is 0 Å². The van der Waals surface area contributed by atoms with E-state index in [-0.39, 0.29) is 9.88 Å². The Bertz CT molecular complexity index is 90.5. The van der Waals surface area contributed by atoms with Gasteiger partial charge >= 0.3 is 0 Å². The van der Waals surface area contributed by atoms with Crippen molar-refractivity contribution in [1.82, 2.24) is 0 Å². The highest BCUT2D eigenvalue weighted by molar-refractivity contribution is 8.51. The first-order chi connectivity index (χ1) is 3.60. The van der Waals surface area contributed by atoms with Crippen molar-refractivity contribution in [1.29, 1.82) is 0 Å². The molecule has 1 rings (SSSR count). The first kappa shape index (κ1) is 6.53. The van der Waals surface area contributed by atoms with Crippen molar-refractivity contribution in [2.45, 2.75) is 13.2 Å². The third kappa shape index (κ3) is 1.44. The van der Waals surface area contributed by atoms with Crippen LogP contribution in [0.25, 0.3) is 0 Å². The quantitative estimate of drug-likeness (QED) is 0.435. The fraction of sp³-hybridized carbons (Fsp3) is 1.00. The molecular weight excluding hydrogens is 115 g/mol. The van der Waals surface area contributed by atoms with Gasteiger partial charge in [-0.2, -0.15) is 0 Å². The molecule has 1 unspecified atom stereocenters. The van der Waals surface area contributed by atoms with E-state index in [9.17, 15) is 0 Å². The number of rotatable bonds is 0. The second-order valence-electron chi connectivity index (χ2n) is 3.53. The summed E-state index contributed by atoms with van der Waals surface area (Å²) in [6.45, 7) is 3.90. The van der Waals surface area contributed by atoms with E-state index >= 15 is 0 Å². The van der Waals surface area contributed by atoms with Crippen molar-refractivity contribution < 1.29 is 0 Å². The summed E-state index contributed by atoms with van der Waals surface area (Å²) in [5, 5.41) is 0. The Hall–Kier alpha value is 0.415. The minimum Gasteiger partial charge on any atom is -0.279 e. The van der Waals surface area contributed by atoms with E-state index in [1.165, 1.54) is 18.6 Å². The van der Waals surface area contributed by atoms with Crippen LogP contribution in [-0.4, -0.2) is 24.8 Å². The van der Waals surface area contributed by atoms with Crippen molar-refractivity contribution in [2.75, 3.05) is 18.3 Å². The van der Waals surface area contributed by atoms with Gasteiger partial charge in [0.2, 0.25) is 0 Å². The zero-order valence-electron chi connectivity index (χ0n) is 6.11. The second kappa shape index (κ2) is 1.98. The average molecular weight is 130 g/mol. The molecule has 1 atom stereocenters. The SMILES string of the molecule is CC1CBS(C)(C)C1. The topological polar surface area (TPSA) is 0 Å². The molecular formula is C6H15BS. The number of hydrogen-bond donors (Lipinski definition) is 0. The highest BCUT2D eigenvalue weighted by atomic mass is 32.3. The predicted molar refractivity (Wildman–Crippen MR) is 45.4 cm³/mol. The summed E-state index contributed by atoms with van der Waals surface area (Å²) in [6, 6.07) is 0. The van der Waals surface area contributed by atoms with Crippen LogP contribution in [0.1, 0.15) is 6.92 Å². The van der Waals surface area contributed by atoms with Crippen molar-refractivity contribution in [3.05, 3.63) is 0 Å². The van der Waals surface area contributed by atoms with Crippen LogP contribution >= 0.6 is 9.88 Å². The van der Waals surface area contributed by atoms with Gasteiger partial charge in [0.25, 0.3) is 0 Å². The summed E-state index contributed by atoms with van der Waals surface area (Å²) in [7, 11) is -0.0955. The van der Waals surface area contributed by atoms with Crippen LogP contribution in [0.3, 0.4) is 0 Å². The lowest BCUT2D eigenvalue weighted by molar-refractivity contribution is 0.756. The molecule has 8 heavy (non-hydrogen) atoms. The molecule has 0 bridgehead atoms. The van der Waals surface area contributed by atoms with Crippen molar-refractivity contribution in [2.24, 2.45) is 5.92 Å². The zero-order valence-corrected chi connectivity index (χ0v) is 6.92. The summed E-state index contributed by atoms with van der Waals surface area (Å²) < 4.78 is 0. The minimum atomic E-state index is -0.0955. The summed E-state index contributed by atoms with van der Waals surface area (Å²) in [5.41, 5.74) is 0. The number of hydrogen-bond acceptors (Lipinski definition) is 0. The summed E-state index contributed by atoms with van der Waals surface area (Å²) in [5.74, 6) is 2.55. The van der Waals surface area contributed by atoms with Crippen LogP contribution < -0.4 is 0 Å². The molecule has 0 amide bonds. The van der Waals surface area contributed by atoms with Gasteiger partial charge in [-0.15, -0.1) is 0 Å². The standard InChI is InChI=1S/C6H15BS/c1-6-4-7-8(2,3)5-6/h6-7H,4-5H2,1-3H3. The zero-order chi connectivity index (χ0) is 6.20. The molecule has 1 aliphatic heterocycles. The highest BCUT2D eigenvalue weighted by Crippen LogP contribution is 2.47. The molecule has 0 radical (unpaired) electrons. The van der Waals surface area contributed by atoms with Gasteiger partial charge in [0.05, 0.1) is 0 Å². The Kier molecular flexibility index (Phi) is 1.62. The Morgan fingerprint density at radius 3 is 2.25 bits per heavy atom. The van der Waals surface area contributed by atoms with Crippen LogP contribution in [0.2, 0.25) is 6.32 Å². The normalized spacial score (nSPS) is 38.6. The molecule has 1 heterocycles. The third-order valence-corrected chi connectivity index (χ3v) is 4.71. The first-order valence-electron chi connectivity index (χ1n) is 3.29. The predicted octanol–water partition coefficient (Wildman–Crippen LogP) is 1.47. The molecule has 1 aliphatic rings. The van der Waals surface area contributed by atoms with Crippen LogP contribution in [0.15, 0.2) is 0 Å². The lowest BCUT2D eigenvalue weighted by Gasteiger charge is -2.23. The molecule has 0 nitrogen and oxygen atoms in total. The maximum Gasteiger partial charge on any atom is 0.171 e. The third-order valence-electron chi connectivity index (χ3n) is 1.90. The Morgan fingerprint density at radius 1 is 1.50 bits per heavy atom. The van der Waals surface area contributed by atoms with E-state index in [0.717, 1.165) is 5.92 Å². The molecule has 0 spiro atoms. The fourth-order valence-electron chi connectivity index (χ4n) is 1.46. The lowest BCUT2D eigenvalue weighted by Crippen LogP contribution is -1.99. The van der Waals surface area contributed by atoms with Gasteiger partial charge in [-0.25, -0.2) is 0 Å². The van der Waals surface area contributed by atoms with Crippen LogP contribution in [-0.2, 0) is 0 Å². The summed E-state index contributed by atoms with van der Waals surface area (Å²) in [6.07, 6.45) is 6.40. The van der Waals surface area contributed by atoms with Gasteiger partial charge in [-0.05, 0) is 24.2 Å².